The summed E-state index contributed by atoms with van der Waals surface area (Å²) in [4.78, 5) is 17.4. The summed E-state index contributed by atoms with van der Waals surface area (Å²) >= 11 is 0. The van der Waals surface area contributed by atoms with E-state index in [1.807, 2.05) is 18.5 Å². The molecule has 142 valence electrons. The minimum Gasteiger partial charge on any atom is -0.338 e. The zero-order valence-corrected chi connectivity index (χ0v) is 15.4. The number of carbonyl (C=O) groups is 1. The second-order valence-corrected chi connectivity index (χ2v) is 8.30. The van der Waals surface area contributed by atoms with Gasteiger partial charge < -0.3 is 4.90 Å². The minimum atomic E-state index is -0.277. The van der Waals surface area contributed by atoms with Crippen LogP contribution in [0.15, 0.2) is 36.7 Å². The van der Waals surface area contributed by atoms with Crippen LogP contribution in [0.2, 0.25) is 0 Å². The molecular formula is C21H25FN4O. The largest absolute Gasteiger partial charge is 0.338 e. The van der Waals surface area contributed by atoms with Crippen LogP contribution in [-0.2, 0) is 11.3 Å². The third-order valence-corrected chi connectivity index (χ3v) is 6.16. The molecule has 1 aliphatic carbocycles. The predicted octanol–water partition coefficient (Wildman–Crippen LogP) is 2.84. The molecule has 27 heavy (non-hydrogen) atoms. The topological polar surface area (TPSA) is 41.4 Å². The molecule has 2 bridgehead atoms. The Bertz CT molecular complexity index is 846. The maximum atomic E-state index is 14.0. The van der Waals surface area contributed by atoms with Crippen molar-refractivity contribution < 1.29 is 9.18 Å². The number of nitrogens with zero attached hydrogens (tertiary/aromatic N) is 4. The molecule has 1 aromatic heterocycles. The molecule has 0 N–H and O–H groups in total. The van der Waals surface area contributed by atoms with Gasteiger partial charge in [0, 0.05) is 44.0 Å². The molecule has 4 aliphatic rings. The van der Waals surface area contributed by atoms with Gasteiger partial charge in [-0.2, -0.15) is 5.10 Å². The molecule has 3 saturated heterocycles. The SMILES string of the molecule is O=C1[C@H]2CC[C@H](CN(Cc3cnn(-c4ccccc4F)c3)C2)N1CC1CC1. The van der Waals surface area contributed by atoms with Gasteiger partial charge in [-0.1, -0.05) is 12.1 Å². The lowest BCUT2D eigenvalue weighted by atomic mass is 9.94. The fourth-order valence-electron chi connectivity index (χ4n) is 4.55. The maximum Gasteiger partial charge on any atom is 0.227 e. The standard InChI is InChI=1S/C21H25FN4O/c22-19-3-1-2-4-20(19)26-12-16(9-23-26)10-24-13-17-7-8-18(14-24)25(21(17)27)11-15-5-6-15/h1-4,9,12,15,17-18H,5-8,10-11,13-14H2/t17-,18+/m0/s1. The number of para-hydroxylation sites is 1. The second kappa shape index (κ2) is 6.75. The van der Waals surface area contributed by atoms with E-state index in [1.54, 1.807) is 16.8 Å². The van der Waals surface area contributed by atoms with Crippen LogP contribution in [0, 0.1) is 17.7 Å². The van der Waals surface area contributed by atoms with Crippen LogP contribution in [0.3, 0.4) is 0 Å². The van der Waals surface area contributed by atoms with Gasteiger partial charge in [-0.15, -0.1) is 0 Å². The number of halogens is 1. The zero-order chi connectivity index (χ0) is 18.4. The summed E-state index contributed by atoms with van der Waals surface area (Å²) in [5.41, 5.74) is 1.52. The Morgan fingerprint density at radius 3 is 2.78 bits per heavy atom. The fraction of sp³-hybridized carbons (Fsp3) is 0.524. The number of hydrogen-bond donors (Lipinski definition) is 0. The third kappa shape index (κ3) is 3.38. The van der Waals surface area contributed by atoms with E-state index in [1.165, 1.54) is 18.9 Å². The van der Waals surface area contributed by atoms with E-state index in [9.17, 15) is 9.18 Å². The van der Waals surface area contributed by atoms with E-state index in [4.69, 9.17) is 0 Å². The highest BCUT2D eigenvalue weighted by Gasteiger charge is 2.42. The molecule has 6 heteroatoms. The van der Waals surface area contributed by atoms with Gasteiger partial charge in [0.15, 0.2) is 0 Å². The van der Waals surface area contributed by atoms with Crippen molar-refractivity contribution in [3.8, 4) is 5.69 Å². The van der Waals surface area contributed by atoms with Crippen LogP contribution < -0.4 is 0 Å². The van der Waals surface area contributed by atoms with Crippen LogP contribution in [0.25, 0.3) is 5.69 Å². The number of fused-ring (bicyclic) bond motifs is 4. The monoisotopic (exact) mass is 368 g/mol. The maximum absolute atomic E-state index is 14.0. The first kappa shape index (κ1) is 16.9. The lowest BCUT2D eigenvalue weighted by Crippen LogP contribution is -2.48. The molecular weight excluding hydrogens is 343 g/mol. The third-order valence-electron chi connectivity index (χ3n) is 6.16. The van der Waals surface area contributed by atoms with Gasteiger partial charge in [-0.05, 0) is 43.7 Å². The summed E-state index contributed by atoms with van der Waals surface area (Å²) in [6.45, 7) is 3.46. The van der Waals surface area contributed by atoms with Crippen LogP contribution in [-0.4, -0.2) is 51.2 Å². The first-order valence-electron chi connectivity index (χ1n) is 9.98. The van der Waals surface area contributed by atoms with E-state index in [0.717, 1.165) is 50.5 Å². The second-order valence-electron chi connectivity index (χ2n) is 8.30. The van der Waals surface area contributed by atoms with Crippen molar-refractivity contribution in [1.82, 2.24) is 19.6 Å². The van der Waals surface area contributed by atoms with Gasteiger partial charge in [0.1, 0.15) is 11.5 Å². The normalized spacial score (nSPS) is 25.8. The van der Waals surface area contributed by atoms with Crippen LogP contribution in [0.1, 0.15) is 31.2 Å². The molecule has 4 heterocycles. The van der Waals surface area contributed by atoms with Crippen LogP contribution in [0.5, 0.6) is 0 Å². The summed E-state index contributed by atoms with van der Waals surface area (Å²) < 4.78 is 15.6. The average molecular weight is 368 g/mol. The van der Waals surface area contributed by atoms with Crippen molar-refractivity contribution in [3.05, 3.63) is 48.0 Å². The molecule has 3 aliphatic heterocycles. The summed E-state index contributed by atoms with van der Waals surface area (Å²) in [5.74, 6) is 0.953. The Morgan fingerprint density at radius 1 is 1.11 bits per heavy atom. The summed E-state index contributed by atoms with van der Waals surface area (Å²) in [7, 11) is 0. The van der Waals surface area contributed by atoms with Gasteiger partial charge in [0.25, 0.3) is 0 Å². The van der Waals surface area contributed by atoms with Crippen molar-refractivity contribution >= 4 is 5.91 Å². The number of hydrogen-bond acceptors (Lipinski definition) is 3. The van der Waals surface area contributed by atoms with Crippen molar-refractivity contribution in [2.75, 3.05) is 19.6 Å². The minimum absolute atomic E-state index is 0.129. The number of piperidine rings is 1. The lowest BCUT2D eigenvalue weighted by Gasteiger charge is -2.36. The molecule has 1 amide bonds. The summed E-state index contributed by atoms with van der Waals surface area (Å²) in [5, 5.41) is 4.34. The van der Waals surface area contributed by atoms with Crippen molar-refractivity contribution in [1.29, 1.82) is 0 Å². The molecule has 5 nitrogen and oxygen atoms in total. The molecule has 0 unspecified atom stereocenters. The highest BCUT2D eigenvalue weighted by atomic mass is 19.1. The summed E-state index contributed by atoms with van der Waals surface area (Å²) in [6, 6.07) is 7.02. The highest BCUT2D eigenvalue weighted by molar-refractivity contribution is 5.80. The van der Waals surface area contributed by atoms with Gasteiger partial charge >= 0.3 is 0 Å². The highest BCUT2D eigenvalue weighted by Crippen LogP contribution is 2.35. The van der Waals surface area contributed by atoms with Gasteiger partial charge in [0.2, 0.25) is 5.91 Å². The molecule has 2 aromatic rings. The number of carbonyl (C=O) groups excluding carboxylic acids is 1. The molecule has 1 saturated carbocycles. The van der Waals surface area contributed by atoms with Crippen LogP contribution >= 0.6 is 0 Å². The van der Waals surface area contributed by atoms with Crippen LogP contribution in [0.4, 0.5) is 4.39 Å². The van der Waals surface area contributed by atoms with E-state index in [0.29, 0.717) is 17.6 Å². The lowest BCUT2D eigenvalue weighted by molar-refractivity contribution is -0.140. The smallest absolute Gasteiger partial charge is 0.227 e. The van der Waals surface area contributed by atoms with E-state index < -0.39 is 0 Å². The van der Waals surface area contributed by atoms with Gasteiger partial charge in [-0.25, -0.2) is 9.07 Å². The Labute approximate surface area is 158 Å². The number of amides is 1. The zero-order valence-electron chi connectivity index (χ0n) is 15.4. The molecule has 1 aromatic carbocycles. The van der Waals surface area contributed by atoms with E-state index in [2.05, 4.69) is 14.9 Å². The Hall–Kier alpha value is -2.21. The molecule has 0 radical (unpaired) electrons. The Kier molecular flexibility index (Phi) is 4.23. The number of rotatable bonds is 5. The van der Waals surface area contributed by atoms with Crippen molar-refractivity contribution in [2.45, 2.75) is 38.3 Å². The molecule has 2 atom stereocenters. The van der Waals surface area contributed by atoms with Crippen molar-refractivity contribution in [2.24, 2.45) is 11.8 Å². The molecule has 6 rings (SSSR count). The van der Waals surface area contributed by atoms with E-state index >= 15 is 0 Å². The van der Waals surface area contributed by atoms with Gasteiger partial charge in [0.05, 0.1) is 12.1 Å². The number of benzene rings is 1. The Balaban J connectivity index is 1.30. The molecule has 0 spiro atoms. The predicted molar refractivity (Wildman–Crippen MR) is 99.7 cm³/mol. The van der Waals surface area contributed by atoms with E-state index in [-0.39, 0.29) is 11.7 Å². The molecule has 4 fully saturated rings. The van der Waals surface area contributed by atoms with Gasteiger partial charge in [-0.3, -0.25) is 9.69 Å². The fourth-order valence-corrected chi connectivity index (χ4v) is 4.55. The number of aromatic nitrogens is 2. The average Bonchev–Trinajstić information content (AvgIpc) is 3.42. The quantitative estimate of drug-likeness (QED) is 0.815. The Morgan fingerprint density at radius 2 is 1.96 bits per heavy atom. The van der Waals surface area contributed by atoms with Crippen molar-refractivity contribution in [3.63, 3.8) is 0 Å². The summed E-state index contributed by atoms with van der Waals surface area (Å²) in [6.07, 6.45) is 8.39. The first-order chi connectivity index (χ1) is 13.2. The first-order valence-corrected chi connectivity index (χ1v) is 9.98.